The average molecular weight is 1010 g/mol. The highest BCUT2D eigenvalue weighted by atomic mass is 127. The molecule has 0 aliphatic carbocycles. The molecule has 3 aromatic rings. The van der Waals surface area contributed by atoms with Crippen molar-refractivity contribution in [2.45, 2.75) is 90.3 Å². The van der Waals surface area contributed by atoms with E-state index in [1.54, 1.807) is 17.4 Å². The molecule has 1 aromatic heterocycles. The number of halogens is 11. The summed E-state index contributed by atoms with van der Waals surface area (Å²) in [6.07, 6.45) is -20.6. The molecule has 0 aliphatic rings. The van der Waals surface area contributed by atoms with Crippen LogP contribution in [0.4, 0.5) is 53.5 Å². The van der Waals surface area contributed by atoms with Crippen molar-refractivity contribution < 1.29 is 77.7 Å². The number of aliphatic hydroxyl groups excluding tert-OH is 1. The van der Waals surface area contributed by atoms with E-state index in [1.165, 1.54) is 18.2 Å². The number of nitrogens with zero attached hydrogens (tertiary/aromatic N) is 3. The lowest BCUT2D eigenvalue weighted by Crippen LogP contribution is -2.62. The Balaban J connectivity index is 2.15. The van der Waals surface area contributed by atoms with Crippen LogP contribution in [-0.2, 0) is 38.6 Å². The lowest BCUT2D eigenvalue weighted by Gasteiger charge is -2.37. The van der Waals surface area contributed by atoms with E-state index in [-0.39, 0.29) is 11.3 Å². The average Bonchev–Trinajstić information content (AvgIpc) is 3.61. The fourth-order valence-electron chi connectivity index (χ4n) is 5.70. The third-order valence-electron chi connectivity index (χ3n) is 9.61. The van der Waals surface area contributed by atoms with Gasteiger partial charge in [-0.3, -0.25) is 19.7 Å². The SMILES string of the molecule is COC(=O)N[C@H](C(=O)NN(Cc1c(F)cc(-c2ccn(CC(F)F)n2)cc1F)C[C@H](O)[C@H](Cc1ccc(I)cc1)NC(=O)[C@@H](OC(N)=O)C(C)(C)C(F)(F)F)C(C)(C)C(F)(F)F. The smallest absolute Gasteiger partial charge is 0.407 e. The molecule has 0 fully saturated rings. The number of ether oxygens (including phenoxy) is 2. The molecule has 1 heterocycles. The summed E-state index contributed by atoms with van der Waals surface area (Å²) in [5, 5.41) is 19.9. The van der Waals surface area contributed by atoms with Gasteiger partial charge in [0, 0.05) is 34.0 Å². The minimum atomic E-state index is -5.20. The number of aromatic nitrogens is 2. The molecule has 62 heavy (non-hydrogen) atoms. The van der Waals surface area contributed by atoms with Gasteiger partial charge in [-0.2, -0.15) is 31.4 Å². The zero-order valence-corrected chi connectivity index (χ0v) is 35.5. The van der Waals surface area contributed by atoms with Crippen LogP contribution in [0.5, 0.6) is 0 Å². The summed E-state index contributed by atoms with van der Waals surface area (Å²) >= 11 is 1.95. The number of aliphatic hydroxyl groups is 1. The van der Waals surface area contributed by atoms with Gasteiger partial charge in [0.1, 0.15) is 29.6 Å². The minimum Gasteiger partial charge on any atom is -0.453 e. The maximum absolute atomic E-state index is 15.8. The first-order chi connectivity index (χ1) is 28.5. The Morgan fingerprint density at radius 2 is 1.47 bits per heavy atom. The largest absolute Gasteiger partial charge is 0.453 e. The van der Waals surface area contributed by atoms with Gasteiger partial charge in [0.05, 0.1) is 30.4 Å². The van der Waals surface area contributed by atoms with Gasteiger partial charge in [-0.15, -0.1) is 0 Å². The first-order valence-electron chi connectivity index (χ1n) is 18.0. The van der Waals surface area contributed by atoms with Crippen LogP contribution in [-0.4, -0.2) is 101 Å². The highest BCUT2D eigenvalue weighted by Crippen LogP contribution is 2.42. The van der Waals surface area contributed by atoms with Gasteiger partial charge in [-0.25, -0.2) is 32.2 Å². The zero-order chi connectivity index (χ0) is 47.1. The number of hydrogen-bond donors (Lipinski definition) is 5. The van der Waals surface area contributed by atoms with E-state index in [2.05, 4.69) is 19.9 Å². The van der Waals surface area contributed by atoms with Gasteiger partial charge >= 0.3 is 24.5 Å². The second kappa shape index (κ2) is 20.5. The van der Waals surface area contributed by atoms with E-state index in [1.807, 2.05) is 28.0 Å². The molecule has 0 radical (unpaired) electrons. The normalized spacial score (nSPS) is 14.5. The molecular weight excluding hydrogens is 971 g/mol. The van der Waals surface area contributed by atoms with Gasteiger partial charge in [0.15, 0.2) is 6.10 Å². The van der Waals surface area contributed by atoms with E-state index < -0.39 is 121 Å². The number of rotatable bonds is 18. The third kappa shape index (κ3) is 13.3. The number of nitrogens with one attached hydrogen (secondary N) is 3. The predicted molar refractivity (Wildman–Crippen MR) is 206 cm³/mol. The van der Waals surface area contributed by atoms with Crippen molar-refractivity contribution in [2.75, 3.05) is 13.7 Å². The number of benzene rings is 2. The second-order valence-electron chi connectivity index (χ2n) is 14.9. The van der Waals surface area contributed by atoms with Crippen LogP contribution >= 0.6 is 22.6 Å². The molecule has 0 saturated carbocycles. The van der Waals surface area contributed by atoms with E-state index >= 15 is 8.78 Å². The van der Waals surface area contributed by atoms with Crippen LogP contribution in [0.3, 0.4) is 0 Å². The molecular formula is C37H42F10IN7O7. The quantitative estimate of drug-likeness (QED) is 0.0580. The van der Waals surface area contributed by atoms with Gasteiger partial charge in [-0.1, -0.05) is 12.1 Å². The molecule has 3 rings (SSSR count). The fraction of sp³-hybridized carbons (Fsp3) is 0.486. The lowest BCUT2D eigenvalue weighted by molar-refractivity contribution is -0.238. The van der Waals surface area contributed by atoms with Gasteiger partial charge in [0.25, 0.3) is 18.2 Å². The summed E-state index contributed by atoms with van der Waals surface area (Å²) in [7, 11) is 0.781. The monoisotopic (exact) mass is 1010 g/mol. The highest BCUT2D eigenvalue weighted by molar-refractivity contribution is 14.1. The second-order valence-corrected chi connectivity index (χ2v) is 16.2. The van der Waals surface area contributed by atoms with E-state index in [0.717, 1.165) is 30.1 Å². The van der Waals surface area contributed by atoms with E-state index in [4.69, 9.17) is 5.73 Å². The van der Waals surface area contributed by atoms with Gasteiger partial charge in [0.2, 0.25) is 0 Å². The molecule has 0 aliphatic heterocycles. The van der Waals surface area contributed by atoms with Crippen LogP contribution in [0.15, 0.2) is 48.7 Å². The van der Waals surface area contributed by atoms with Crippen molar-refractivity contribution in [1.82, 2.24) is 30.8 Å². The minimum absolute atomic E-state index is 0.150. The Kier molecular flexibility index (Phi) is 17.0. The number of hydrogen-bond acceptors (Lipinski definition) is 9. The maximum Gasteiger partial charge on any atom is 0.407 e. The van der Waals surface area contributed by atoms with Crippen molar-refractivity contribution in [3.63, 3.8) is 0 Å². The van der Waals surface area contributed by atoms with Crippen LogP contribution in [0.2, 0.25) is 0 Å². The van der Waals surface area contributed by atoms with Crippen molar-refractivity contribution in [1.29, 1.82) is 0 Å². The first kappa shape index (κ1) is 51.4. The summed E-state index contributed by atoms with van der Waals surface area (Å²) in [5.74, 6) is -6.05. The number of alkyl carbamates (subject to hydrolysis) is 1. The van der Waals surface area contributed by atoms with Gasteiger partial charge < -0.3 is 30.9 Å². The lowest BCUT2D eigenvalue weighted by atomic mass is 9.83. The Morgan fingerprint density at radius 3 is 1.97 bits per heavy atom. The molecule has 0 bridgehead atoms. The molecule has 2 aromatic carbocycles. The van der Waals surface area contributed by atoms with Crippen molar-refractivity contribution in [3.8, 4) is 11.3 Å². The summed E-state index contributed by atoms with van der Waals surface area (Å²) in [5.41, 5.74) is -0.175. The molecule has 6 N–H and O–H groups in total. The number of carbonyl (C=O) groups is 4. The molecule has 25 heteroatoms. The number of amides is 4. The number of primary amides is 1. The highest BCUT2D eigenvalue weighted by Gasteiger charge is 2.58. The number of hydrazine groups is 1. The van der Waals surface area contributed by atoms with Crippen LogP contribution < -0.4 is 21.8 Å². The van der Waals surface area contributed by atoms with Crippen LogP contribution in [0, 0.1) is 26.0 Å². The number of alkyl halides is 8. The Bertz CT molecular complexity index is 2030. The number of nitrogens with two attached hydrogens (primary N) is 1. The summed E-state index contributed by atoms with van der Waals surface area (Å²) in [4.78, 5) is 51.1. The standard InChI is InChI=1S/C37H42F10IN7O7/c1-34(2,36(42,43)44)28(51-33(60)61-5)30(57)53-55(15-21-22(38)13-19(14-23(21)39)24-10-11-54(52-24)17-27(40)41)16-26(56)25(12-18-6-8-20(48)9-7-18)50-31(58)29(62-32(49)59)35(3,4)37(45,46)47/h6-11,13-14,25-29,56H,12,15-17H2,1-5H3,(H2,49,59)(H,50,58)(H,51,60)(H,53,57)/t25-,26-,28+,29+/m0/s1. The molecule has 4 atom stereocenters. The Morgan fingerprint density at radius 1 is 0.903 bits per heavy atom. The summed E-state index contributed by atoms with van der Waals surface area (Å²) in [6.45, 7) is -0.933. The maximum atomic E-state index is 15.8. The summed E-state index contributed by atoms with van der Waals surface area (Å²) in [6, 6.07) is 4.51. The molecule has 344 valence electrons. The predicted octanol–water partition coefficient (Wildman–Crippen LogP) is 5.99. The molecule has 4 amide bonds. The van der Waals surface area contributed by atoms with Gasteiger partial charge in [-0.05, 0) is 92.6 Å². The fourth-order valence-corrected chi connectivity index (χ4v) is 6.06. The summed E-state index contributed by atoms with van der Waals surface area (Å²) < 4.78 is 153. The number of methoxy groups -OCH3 is 1. The third-order valence-corrected chi connectivity index (χ3v) is 10.3. The van der Waals surface area contributed by atoms with E-state index in [0.29, 0.717) is 41.8 Å². The molecule has 0 saturated heterocycles. The molecule has 0 unspecified atom stereocenters. The van der Waals surface area contributed by atoms with Crippen LogP contribution in [0.1, 0.15) is 38.8 Å². The van der Waals surface area contributed by atoms with Crippen molar-refractivity contribution in [2.24, 2.45) is 16.6 Å². The Hall–Kier alpha value is -4.92. The molecule has 14 nitrogen and oxygen atoms in total. The molecule has 0 spiro atoms. The van der Waals surface area contributed by atoms with Crippen molar-refractivity contribution in [3.05, 3.63) is 75.0 Å². The Labute approximate surface area is 360 Å². The first-order valence-corrected chi connectivity index (χ1v) is 19.1. The zero-order valence-electron chi connectivity index (χ0n) is 33.3. The van der Waals surface area contributed by atoms with E-state index in [9.17, 15) is 59.4 Å². The van der Waals surface area contributed by atoms with Crippen molar-refractivity contribution >= 4 is 46.6 Å². The topological polar surface area (TPSA) is 190 Å². The van der Waals surface area contributed by atoms with Crippen LogP contribution in [0.25, 0.3) is 11.3 Å². The number of carbonyl (C=O) groups excluding carboxylic acids is 4.